The maximum absolute atomic E-state index is 12.4. The molecular weight excluding hydrogens is 328 g/mol. The fourth-order valence-electron chi connectivity index (χ4n) is 2.78. The Bertz CT molecular complexity index is 1100. The standard InChI is InChI=1S/C17H10N2O6/c20-10-5-13(21)16-14(6-10)25-15(17(16)22)3-8-7-18-12-2-1-9(19(23)24)4-11(8)12/h1-7,18,20-21H/b15-3-. The van der Waals surface area contributed by atoms with Crippen molar-refractivity contribution in [3.05, 3.63) is 63.5 Å². The number of aromatic nitrogens is 1. The van der Waals surface area contributed by atoms with Crippen LogP contribution in [0.25, 0.3) is 17.0 Å². The number of nitrogens with one attached hydrogen (secondary N) is 1. The highest BCUT2D eigenvalue weighted by Gasteiger charge is 2.31. The number of hydrogen-bond acceptors (Lipinski definition) is 6. The lowest BCUT2D eigenvalue weighted by molar-refractivity contribution is -0.384. The van der Waals surface area contributed by atoms with E-state index in [1.165, 1.54) is 24.3 Å². The Labute approximate surface area is 139 Å². The van der Waals surface area contributed by atoms with Crippen LogP contribution in [-0.2, 0) is 0 Å². The molecule has 0 saturated carbocycles. The van der Waals surface area contributed by atoms with Gasteiger partial charge in [0.2, 0.25) is 5.78 Å². The Hall–Kier alpha value is -3.81. The number of non-ortho nitro benzene ring substituents is 1. The summed E-state index contributed by atoms with van der Waals surface area (Å²) in [7, 11) is 0. The van der Waals surface area contributed by atoms with E-state index < -0.39 is 10.7 Å². The number of nitrogens with zero attached hydrogens (tertiary/aromatic N) is 1. The molecule has 2 heterocycles. The molecule has 2 aromatic carbocycles. The van der Waals surface area contributed by atoms with Crippen molar-refractivity contribution in [2.24, 2.45) is 0 Å². The molecule has 0 unspecified atom stereocenters. The summed E-state index contributed by atoms with van der Waals surface area (Å²) < 4.78 is 5.42. The van der Waals surface area contributed by atoms with Gasteiger partial charge in [-0.25, -0.2) is 0 Å². The predicted octanol–water partition coefficient (Wildman–Crippen LogP) is 3.10. The van der Waals surface area contributed by atoms with Crippen molar-refractivity contribution in [2.75, 3.05) is 0 Å². The van der Waals surface area contributed by atoms with Gasteiger partial charge >= 0.3 is 0 Å². The van der Waals surface area contributed by atoms with E-state index in [-0.39, 0.29) is 34.3 Å². The highest BCUT2D eigenvalue weighted by molar-refractivity contribution is 6.16. The van der Waals surface area contributed by atoms with Crippen LogP contribution in [0, 0.1) is 10.1 Å². The summed E-state index contributed by atoms with van der Waals surface area (Å²) in [5.74, 6) is -1.14. The van der Waals surface area contributed by atoms with Crippen molar-refractivity contribution in [1.82, 2.24) is 4.98 Å². The van der Waals surface area contributed by atoms with Crippen LogP contribution in [0.4, 0.5) is 5.69 Å². The summed E-state index contributed by atoms with van der Waals surface area (Å²) in [4.78, 5) is 25.8. The second kappa shape index (κ2) is 5.10. The van der Waals surface area contributed by atoms with Gasteiger partial charge in [-0.3, -0.25) is 14.9 Å². The molecule has 0 amide bonds. The fourth-order valence-corrected chi connectivity index (χ4v) is 2.78. The van der Waals surface area contributed by atoms with Crippen LogP contribution >= 0.6 is 0 Å². The number of nitro groups is 1. The van der Waals surface area contributed by atoms with Crippen LogP contribution in [0.3, 0.4) is 0 Å². The number of hydrogen-bond donors (Lipinski definition) is 3. The van der Waals surface area contributed by atoms with Crippen LogP contribution in [-0.4, -0.2) is 25.9 Å². The first-order valence-electron chi connectivity index (χ1n) is 7.20. The quantitative estimate of drug-likeness (QED) is 0.374. The van der Waals surface area contributed by atoms with Gasteiger partial charge in [-0.2, -0.15) is 0 Å². The molecular formula is C17H10N2O6. The van der Waals surface area contributed by atoms with Crippen molar-refractivity contribution in [3.8, 4) is 17.2 Å². The molecule has 124 valence electrons. The van der Waals surface area contributed by atoms with Gasteiger partial charge in [-0.15, -0.1) is 0 Å². The average Bonchev–Trinajstić information content (AvgIpc) is 3.09. The van der Waals surface area contributed by atoms with E-state index in [4.69, 9.17) is 4.74 Å². The number of phenolic OH excluding ortho intramolecular Hbond substituents is 2. The third kappa shape index (κ3) is 2.27. The molecule has 1 aromatic heterocycles. The lowest BCUT2D eigenvalue weighted by Gasteiger charge is -2.00. The summed E-state index contributed by atoms with van der Waals surface area (Å²) in [5.41, 5.74) is 1.09. The minimum Gasteiger partial charge on any atom is -0.508 e. The van der Waals surface area contributed by atoms with Gasteiger partial charge in [0.25, 0.3) is 5.69 Å². The number of aromatic amines is 1. The zero-order chi connectivity index (χ0) is 17.7. The summed E-state index contributed by atoms with van der Waals surface area (Å²) in [6.07, 6.45) is 3.03. The largest absolute Gasteiger partial charge is 0.508 e. The number of carbonyl (C=O) groups is 1. The van der Waals surface area contributed by atoms with Gasteiger partial charge in [0.05, 0.1) is 4.92 Å². The van der Waals surface area contributed by atoms with E-state index in [1.807, 2.05) is 0 Å². The highest BCUT2D eigenvalue weighted by atomic mass is 16.6. The minimum absolute atomic E-state index is 0.0325. The maximum Gasteiger partial charge on any atom is 0.270 e. The summed E-state index contributed by atoms with van der Waals surface area (Å²) in [6.45, 7) is 0. The molecule has 1 aliphatic heterocycles. The molecule has 4 rings (SSSR count). The predicted molar refractivity (Wildman–Crippen MR) is 87.7 cm³/mol. The van der Waals surface area contributed by atoms with Crippen molar-refractivity contribution < 1.29 is 24.7 Å². The Morgan fingerprint density at radius 1 is 1.20 bits per heavy atom. The van der Waals surface area contributed by atoms with Crippen LogP contribution in [0.2, 0.25) is 0 Å². The van der Waals surface area contributed by atoms with Crippen LogP contribution < -0.4 is 4.74 Å². The number of allylic oxidation sites excluding steroid dienone is 1. The number of Topliss-reactive ketones (excluding diaryl/α,β-unsaturated/α-hetero) is 1. The lowest BCUT2D eigenvalue weighted by Crippen LogP contribution is -1.98. The van der Waals surface area contributed by atoms with Gasteiger partial charge in [0.1, 0.15) is 22.8 Å². The molecule has 0 saturated heterocycles. The summed E-state index contributed by atoms with van der Waals surface area (Å²) in [5, 5.41) is 30.8. The van der Waals surface area contributed by atoms with Crippen molar-refractivity contribution in [1.29, 1.82) is 0 Å². The SMILES string of the molecule is O=C1/C(=C/c2c[nH]c3ccc([N+](=O)[O-])cc23)Oc2cc(O)cc(O)c21. The maximum atomic E-state index is 12.4. The molecule has 0 bridgehead atoms. The van der Waals surface area contributed by atoms with Crippen LogP contribution in [0.5, 0.6) is 17.2 Å². The Kier molecular flexibility index (Phi) is 3.01. The average molecular weight is 338 g/mol. The Morgan fingerprint density at radius 3 is 2.76 bits per heavy atom. The minimum atomic E-state index is -0.535. The summed E-state index contributed by atoms with van der Waals surface area (Å²) >= 11 is 0. The second-order valence-corrected chi connectivity index (χ2v) is 5.51. The number of aromatic hydroxyl groups is 2. The van der Waals surface area contributed by atoms with Gasteiger partial charge in [0, 0.05) is 46.9 Å². The van der Waals surface area contributed by atoms with Crippen molar-refractivity contribution in [3.63, 3.8) is 0 Å². The Morgan fingerprint density at radius 2 is 2.00 bits per heavy atom. The van der Waals surface area contributed by atoms with Crippen molar-refractivity contribution in [2.45, 2.75) is 0 Å². The van der Waals surface area contributed by atoms with E-state index in [1.54, 1.807) is 12.3 Å². The molecule has 0 fully saturated rings. The molecule has 3 N–H and O–H groups in total. The molecule has 1 aliphatic rings. The second-order valence-electron chi connectivity index (χ2n) is 5.51. The summed E-state index contributed by atoms with van der Waals surface area (Å²) in [6, 6.07) is 6.63. The van der Waals surface area contributed by atoms with E-state index in [0.717, 1.165) is 6.07 Å². The van der Waals surface area contributed by atoms with E-state index >= 15 is 0 Å². The lowest BCUT2D eigenvalue weighted by atomic mass is 10.1. The number of phenols is 2. The van der Waals surface area contributed by atoms with Crippen molar-refractivity contribution >= 4 is 28.4 Å². The Balaban J connectivity index is 1.81. The van der Waals surface area contributed by atoms with Gasteiger partial charge in [-0.1, -0.05) is 0 Å². The topological polar surface area (TPSA) is 126 Å². The van der Waals surface area contributed by atoms with E-state index in [0.29, 0.717) is 16.5 Å². The third-order valence-corrected chi connectivity index (χ3v) is 3.93. The molecule has 25 heavy (non-hydrogen) atoms. The normalized spacial score (nSPS) is 14.7. The first-order chi connectivity index (χ1) is 11.9. The van der Waals surface area contributed by atoms with Crippen LogP contribution in [0.1, 0.15) is 15.9 Å². The first kappa shape index (κ1) is 14.8. The number of rotatable bonds is 2. The number of ketones is 1. The zero-order valence-electron chi connectivity index (χ0n) is 12.5. The highest BCUT2D eigenvalue weighted by Crippen LogP contribution is 2.41. The first-order valence-corrected chi connectivity index (χ1v) is 7.20. The fraction of sp³-hybridized carbons (Fsp3) is 0. The molecule has 0 spiro atoms. The molecule has 0 atom stereocenters. The van der Waals surface area contributed by atoms with Gasteiger partial charge in [-0.05, 0) is 12.1 Å². The smallest absolute Gasteiger partial charge is 0.270 e. The van der Waals surface area contributed by atoms with Gasteiger partial charge in [0.15, 0.2) is 5.76 Å². The molecule has 0 aliphatic carbocycles. The number of carbonyl (C=O) groups excluding carboxylic acids is 1. The van der Waals surface area contributed by atoms with Crippen LogP contribution in [0.15, 0.2) is 42.3 Å². The molecule has 8 heteroatoms. The number of benzene rings is 2. The molecule has 8 nitrogen and oxygen atoms in total. The number of nitro benzene ring substituents is 1. The van der Waals surface area contributed by atoms with E-state index in [2.05, 4.69) is 4.98 Å². The third-order valence-electron chi connectivity index (χ3n) is 3.93. The number of fused-ring (bicyclic) bond motifs is 2. The van der Waals surface area contributed by atoms with E-state index in [9.17, 15) is 25.1 Å². The monoisotopic (exact) mass is 338 g/mol. The number of H-pyrrole nitrogens is 1. The number of ether oxygens (including phenoxy) is 1. The molecule has 0 radical (unpaired) electrons. The zero-order valence-corrected chi connectivity index (χ0v) is 12.5. The van der Waals surface area contributed by atoms with Gasteiger partial charge < -0.3 is 19.9 Å². The molecule has 3 aromatic rings.